The minimum Gasteiger partial charge on any atom is -1.00 e. The average Bonchev–Trinajstić information content (AvgIpc) is 3.09. The third kappa shape index (κ3) is 3.63. The van der Waals surface area contributed by atoms with Crippen LogP contribution in [0.2, 0.25) is 0 Å². The maximum absolute atomic E-state index is 5.58. The topological polar surface area (TPSA) is 8.81 Å². The van der Waals surface area contributed by atoms with Gasteiger partial charge in [0.05, 0.1) is 11.1 Å². The Morgan fingerprint density at radius 2 is 1.68 bits per heavy atom. The van der Waals surface area contributed by atoms with E-state index in [1.807, 2.05) is 0 Å². The van der Waals surface area contributed by atoms with Crippen molar-refractivity contribution in [2.45, 2.75) is 39.0 Å². The van der Waals surface area contributed by atoms with Gasteiger partial charge in [0.2, 0.25) is 5.69 Å². The smallest absolute Gasteiger partial charge is 0.303 e. The molecule has 2 nitrogen and oxygen atoms in total. The number of hydrogen-bond donors (Lipinski definition) is 0. The molecule has 0 aliphatic rings. The Bertz CT molecular complexity index is 982. The molecule has 0 saturated carbocycles. The summed E-state index contributed by atoms with van der Waals surface area (Å²) in [7, 11) is 0. The minimum absolute atomic E-state index is 0. The van der Waals surface area contributed by atoms with Crippen LogP contribution >= 0.6 is 46.7 Å². The molecule has 2 heterocycles. The number of nitrogens with zero attached hydrogens (tertiary/aromatic N) is 2. The molecule has 0 aliphatic heterocycles. The number of aromatic nitrogens is 2. The van der Waals surface area contributed by atoms with Gasteiger partial charge >= 0.3 is 4.34 Å². The summed E-state index contributed by atoms with van der Waals surface area (Å²) in [4.78, 5) is 0. The van der Waals surface area contributed by atoms with Gasteiger partial charge in [-0.3, -0.25) is 4.57 Å². The molecule has 3 rings (SSSR count). The summed E-state index contributed by atoms with van der Waals surface area (Å²) in [5, 5.41) is 4.36. The lowest BCUT2D eigenvalue weighted by atomic mass is 10.00. The lowest BCUT2D eigenvalue weighted by Crippen LogP contribution is -3.00. The molecule has 0 saturated heterocycles. The van der Waals surface area contributed by atoms with E-state index in [1.165, 1.54) is 43.8 Å². The van der Waals surface area contributed by atoms with Crippen LogP contribution in [0.25, 0.3) is 11.4 Å². The van der Waals surface area contributed by atoms with Gasteiger partial charge in [0.15, 0.2) is 9.65 Å². The summed E-state index contributed by atoms with van der Waals surface area (Å²) in [5.74, 6) is 0. The van der Waals surface area contributed by atoms with Gasteiger partial charge in [0, 0.05) is 29.6 Å². The SMILES string of the molecule is CSc1scc(C)[n+]1-c1cc(-n2c(C)csc2=S)c(C)c(C)c1C.[I-]. The van der Waals surface area contributed by atoms with Crippen LogP contribution in [0.5, 0.6) is 0 Å². The number of hydrogen-bond acceptors (Lipinski definition) is 4. The molecule has 0 spiro atoms. The minimum atomic E-state index is 0. The highest BCUT2D eigenvalue weighted by Gasteiger charge is 2.25. The van der Waals surface area contributed by atoms with Gasteiger partial charge in [-0.15, -0.1) is 15.9 Å². The lowest BCUT2D eigenvalue weighted by Gasteiger charge is -2.15. The predicted molar refractivity (Wildman–Crippen MR) is 109 cm³/mol. The van der Waals surface area contributed by atoms with E-state index in [1.54, 1.807) is 34.4 Å². The molecule has 0 bridgehead atoms. The van der Waals surface area contributed by atoms with Gasteiger partial charge in [-0.25, -0.2) is 0 Å². The van der Waals surface area contributed by atoms with E-state index in [0.717, 1.165) is 3.95 Å². The molecule has 25 heavy (non-hydrogen) atoms. The van der Waals surface area contributed by atoms with Gasteiger partial charge in [0.25, 0.3) is 0 Å². The number of halogens is 1. The number of thiazole rings is 2. The Labute approximate surface area is 184 Å². The fourth-order valence-electron chi connectivity index (χ4n) is 2.96. The molecule has 0 fully saturated rings. The zero-order valence-electron chi connectivity index (χ0n) is 15.1. The molecule has 0 radical (unpaired) electrons. The van der Waals surface area contributed by atoms with Crippen LogP contribution < -0.4 is 28.5 Å². The molecule has 7 heteroatoms. The maximum Gasteiger partial charge on any atom is 0.303 e. The van der Waals surface area contributed by atoms with E-state index in [-0.39, 0.29) is 24.0 Å². The van der Waals surface area contributed by atoms with Crippen molar-refractivity contribution in [3.63, 3.8) is 0 Å². The first-order chi connectivity index (χ1) is 11.4. The van der Waals surface area contributed by atoms with Crippen LogP contribution in [-0.4, -0.2) is 10.8 Å². The fourth-order valence-corrected chi connectivity index (χ4v) is 5.75. The first-order valence-corrected chi connectivity index (χ1v) is 11.1. The zero-order valence-corrected chi connectivity index (χ0v) is 20.6. The summed E-state index contributed by atoms with van der Waals surface area (Å²) < 4.78 is 6.77. The molecule has 2 aromatic heterocycles. The summed E-state index contributed by atoms with van der Waals surface area (Å²) in [6, 6.07) is 2.30. The molecular weight excluding hydrogens is 499 g/mol. The first-order valence-electron chi connectivity index (χ1n) is 7.69. The van der Waals surface area contributed by atoms with Gasteiger partial charge < -0.3 is 24.0 Å². The van der Waals surface area contributed by atoms with Gasteiger partial charge in [-0.1, -0.05) is 11.3 Å². The van der Waals surface area contributed by atoms with Crippen molar-refractivity contribution in [3.05, 3.63) is 48.9 Å². The van der Waals surface area contributed by atoms with E-state index in [2.05, 4.69) is 66.8 Å². The molecule has 1 aromatic carbocycles. The lowest BCUT2D eigenvalue weighted by molar-refractivity contribution is -0.635. The number of aryl methyl sites for hydroxylation is 2. The van der Waals surface area contributed by atoms with Crippen LogP contribution in [0.4, 0.5) is 0 Å². The van der Waals surface area contributed by atoms with Crippen molar-refractivity contribution >= 4 is 46.7 Å². The summed E-state index contributed by atoms with van der Waals surface area (Å²) in [5.41, 5.74) is 8.88. The van der Waals surface area contributed by atoms with Crippen LogP contribution in [0.3, 0.4) is 0 Å². The molecule has 3 aromatic rings. The van der Waals surface area contributed by atoms with Crippen molar-refractivity contribution in [3.8, 4) is 11.4 Å². The Kier molecular flexibility index (Phi) is 6.92. The van der Waals surface area contributed by atoms with Gasteiger partial charge in [-0.2, -0.15) is 0 Å². The Balaban J connectivity index is 0.00000225. The molecule has 134 valence electrons. The van der Waals surface area contributed by atoms with Gasteiger partial charge in [-0.05, 0) is 69.1 Å². The van der Waals surface area contributed by atoms with Crippen LogP contribution in [-0.2, 0) is 0 Å². The second kappa shape index (κ2) is 8.21. The largest absolute Gasteiger partial charge is 1.00 e. The third-order valence-corrected chi connectivity index (χ3v) is 8.03. The highest BCUT2D eigenvalue weighted by atomic mass is 127. The van der Waals surface area contributed by atoms with Crippen LogP contribution in [0, 0.1) is 38.6 Å². The molecule has 0 amide bonds. The van der Waals surface area contributed by atoms with E-state index in [4.69, 9.17) is 12.2 Å². The van der Waals surface area contributed by atoms with E-state index >= 15 is 0 Å². The monoisotopic (exact) mass is 520 g/mol. The Morgan fingerprint density at radius 1 is 1.00 bits per heavy atom. The van der Waals surface area contributed by atoms with Crippen molar-refractivity contribution in [1.29, 1.82) is 0 Å². The quantitative estimate of drug-likeness (QED) is 0.227. The number of benzene rings is 1. The molecular formula is C18H21IN2S4. The second-order valence-corrected chi connectivity index (χ2v) is 9.37. The normalized spacial score (nSPS) is 10.8. The van der Waals surface area contributed by atoms with E-state index < -0.39 is 0 Å². The standard InChI is InChI=1S/C18H21N2S4.HI/c1-10-8-23-17(21)19(10)15-7-16(14(5)12(3)13(15)4)20-11(2)9-24-18(20)22-6;/h7-9H,1-6H3;1H/q+1;/p-1. The molecule has 0 unspecified atom stereocenters. The average molecular weight is 521 g/mol. The fraction of sp³-hybridized carbons (Fsp3) is 0.333. The van der Waals surface area contributed by atoms with Crippen LogP contribution in [0.15, 0.2) is 21.2 Å². The number of thioether (sulfide) groups is 1. The van der Waals surface area contributed by atoms with Crippen molar-refractivity contribution in [1.82, 2.24) is 4.57 Å². The predicted octanol–water partition coefficient (Wildman–Crippen LogP) is 2.87. The molecule has 0 aliphatic carbocycles. The van der Waals surface area contributed by atoms with E-state index in [0.29, 0.717) is 0 Å². The summed E-state index contributed by atoms with van der Waals surface area (Å²) in [6.07, 6.45) is 2.14. The maximum atomic E-state index is 5.58. The molecule has 0 N–H and O–H groups in total. The first kappa shape index (κ1) is 21.1. The van der Waals surface area contributed by atoms with Gasteiger partial charge in [0.1, 0.15) is 0 Å². The Hall–Kier alpha value is -0.220. The second-order valence-electron chi connectivity index (χ2n) is 5.95. The van der Waals surface area contributed by atoms with Crippen molar-refractivity contribution in [2.75, 3.05) is 6.26 Å². The zero-order chi connectivity index (χ0) is 17.6. The third-order valence-electron chi connectivity index (χ3n) is 4.55. The molecule has 0 atom stereocenters. The summed E-state index contributed by atoms with van der Waals surface area (Å²) in [6.45, 7) is 10.9. The highest BCUT2D eigenvalue weighted by Crippen LogP contribution is 2.30. The van der Waals surface area contributed by atoms with E-state index in [9.17, 15) is 0 Å². The van der Waals surface area contributed by atoms with Crippen LogP contribution in [0.1, 0.15) is 28.1 Å². The highest BCUT2D eigenvalue weighted by molar-refractivity contribution is 8.00. The Morgan fingerprint density at radius 3 is 2.24 bits per heavy atom. The van der Waals surface area contributed by atoms with Crippen molar-refractivity contribution in [2.24, 2.45) is 0 Å². The number of rotatable bonds is 3. The summed E-state index contributed by atoms with van der Waals surface area (Å²) >= 11 is 10.8. The van der Waals surface area contributed by atoms with Crippen molar-refractivity contribution < 1.29 is 28.5 Å².